The van der Waals surface area contributed by atoms with Crippen molar-refractivity contribution in [3.8, 4) is 0 Å². The smallest absolute Gasteiger partial charge is 0.170 e. The van der Waals surface area contributed by atoms with Gasteiger partial charge in [-0.15, -0.1) is 11.8 Å². The highest BCUT2D eigenvalue weighted by atomic mass is 32.2. The Bertz CT molecular complexity index is 661. The van der Waals surface area contributed by atoms with Crippen LogP contribution in [0, 0.1) is 5.82 Å². The van der Waals surface area contributed by atoms with Crippen molar-refractivity contribution in [2.24, 2.45) is 10.9 Å². The van der Waals surface area contributed by atoms with Crippen molar-refractivity contribution in [1.29, 1.82) is 0 Å². The van der Waals surface area contributed by atoms with Crippen molar-refractivity contribution >= 4 is 23.3 Å². The van der Waals surface area contributed by atoms with Gasteiger partial charge in [0, 0.05) is 22.7 Å². The number of hydrogen-bond acceptors (Lipinski definition) is 4. The fourth-order valence-electron chi connectivity index (χ4n) is 1.93. The molecule has 6 heteroatoms. The van der Waals surface area contributed by atoms with Crippen molar-refractivity contribution in [2.45, 2.75) is 11.4 Å². The monoisotopic (exact) mass is 305 g/mol. The predicted molar refractivity (Wildman–Crippen MR) is 84.5 cm³/mol. The van der Waals surface area contributed by atoms with E-state index in [9.17, 15) is 4.39 Å². The van der Waals surface area contributed by atoms with Crippen molar-refractivity contribution in [2.75, 3.05) is 11.6 Å². The Kier molecular flexibility index (Phi) is 5.05. The van der Waals surface area contributed by atoms with Gasteiger partial charge >= 0.3 is 0 Å². The molecule has 0 amide bonds. The molecule has 0 saturated carbocycles. The molecule has 110 valence electrons. The third kappa shape index (κ3) is 3.88. The lowest BCUT2D eigenvalue weighted by Crippen LogP contribution is -2.17. The zero-order valence-corrected chi connectivity index (χ0v) is 12.3. The molecule has 0 heterocycles. The zero-order chi connectivity index (χ0) is 15.2. The van der Waals surface area contributed by atoms with Crippen LogP contribution in [0.25, 0.3) is 0 Å². The fourth-order valence-corrected chi connectivity index (χ4v) is 2.38. The summed E-state index contributed by atoms with van der Waals surface area (Å²) in [4.78, 5) is 1.15. The van der Waals surface area contributed by atoms with Crippen LogP contribution >= 0.6 is 11.8 Å². The lowest BCUT2D eigenvalue weighted by atomic mass is 10.1. The number of anilines is 1. The Labute approximate surface area is 126 Å². The van der Waals surface area contributed by atoms with Crippen molar-refractivity contribution < 1.29 is 9.60 Å². The first-order valence-corrected chi connectivity index (χ1v) is 7.50. The minimum atomic E-state index is -0.426. The second-order valence-electron chi connectivity index (χ2n) is 4.37. The van der Waals surface area contributed by atoms with Gasteiger partial charge < -0.3 is 16.3 Å². The molecule has 0 atom stereocenters. The van der Waals surface area contributed by atoms with Crippen LogP contribution in [0.4, 0.5) is 10.1 Å². The van der Waals surface area contributed by atoms with Gasteiger partial charge in [0.05, 0.1) is 0 Å². The molecule has 0 aliphatic carbocycles. The Morgan fingerprint density at radius 1 is 1.33 bits per heavy atom. The molecule has 21 heavy (non-hydrogen) atoms. The Balaban J connectivity index is 2.19. The maximum absolute atomic E-state index is 13.3. The van der Waals surface area contributed by atoms with E-state index in [4.69, 9.17) is 10.9 Å². The molecule has 4 nitrogen and oxygen atoms in total. The van der Waals surface area contributed by atoms with E-state index in [1.54, 1.807) is 17.8 Å². The van der Waals surface area contributed by atoms with E-state index in [-0.39, 0.29) is 5.84 Å². The van der Waals surface area contributed by atoms with Crippen LogP contribution in [-0.2, 0) is 6.54 Å². The number of oxime groups is 1. The summed E-state index contributed by atoms with van der Waals surface area (Å²) >= 11 is 1.66. The predicted octanol–water partition coefficient (Wildman–Crippen LogP) is 3.25. The molecule has 0 unspecified atom stereocenters. The van der Waals surface area contributed by atoms with Crippen LogP contribution in [0.2, 0.25) is 0 Å². The van der Waals surface area contributed by atoms with Gasteiger partial charge in [-0.1, -0.05) is 17.3 Å². The first-order valence-electron chi connectivity index (χ1n) is 6.28. The van der Waals surface area contributed by atoms with Crippen molar-refractivity contribution in [3.63, 3.8) is 0 Å². The summed E-state index contributed by atoms with van der Waals surface area (Å²) in [5.41, 5.74) is 7.67. The maximum Gasteiger partial charge on any atom is 0.170 e. The first kappa shape index (κ1) is 15.2. The summed E-state index contributed by atoms with van der Waals surface area (Å²) in [5, 5.41) is 15.0. The average Bonchev–Trinajstić information content (AvgIpc) is 2.53. The highest BCUT2D eigenvalue weighted by molar-refractivity contribution is 7.98. The highest BCUT2D eigenvalue weighted by Gasteiger charge is 2.08. The van der Waals surface area contributed by atoms with Gasteiger partial charge in [-0.05, 0) is 42.2 Å². The van der Waals surface area contributed by atoms with E-state index >= 15 is 0 Å². The van der Waals surface area contributed by atoms with Gasteiger partial charge in [0.2, 0.25) is 0 Å². The normalized spacial score (nSPS) is 11.4. The molecule has 0 spiro atoms. The molecule has 2 rings (SSSR count). The number of rotatable bonds is 5. The van der Waals surface area contributed by atoms with Gasteiger partial charge in [0.15, 0.2) is 5.84 Å². The van der Waals surface area contributed by atoms with Gasteiger partial charge in [0.1, 0.15) is 5.82 Å². The van der Waals surface area contributed by atoms with E-state index in [0.717, 1.165) is 16.1 Å². The summed E-state index contributed by atoms with van der Waals surface area (Å²) in [6, 6.07) is 12.2. The topological polar surface area (TPSA) is 70.6 Å². The minimum absolute atomic E-state index is 0.107. The lowest BCUT2D eigenvalue weighted by Gasteiger charge is -2.11. The highest BCUT2D eigenvalue weighted by Crippen LogP contribution is 2.20. The number of hydrogen-bond donors (Lipinski definition) is 3. The van der Waals surface area contributed by atoms with Crippen LogP contribution in [0.3, 0.4) is 0 Å². The van der Waals surface area contributed by atoms with Gasteiger partial charge in [-0.25, -0.2) is 4.39 Å². The molecule has 0 bridgehead atoms. The summed E-state index contributed by atoms with van der Waals surface area (Å²) in [5.74, 6) is -0.533. The molecule has 0 fully saturated rings. The average molecular weight is 305 g/mol. The van der Waals surface area contributed by atoms with E-state index in [0.29, 0.717) is 12.1 Å². The van der Waals surface area contributed by atoms with E-state index in [1.807, 2.05) is 30.5 Å². The summed E-state index contributed by atoms with van der Waals surface area (Å²) < 4.78 is 13.3. The standard InChI is InChI=1S/C15H16FN3OS/c1-21-13-4-2-3-12(8-13)18-9-10-5-6-11(16)7-14(10)15(17)19-20/h2-8,18,20H,9H2,1H3,(H2,17,19). The van der Waals surface area contributed by atoms with Crippen LogP contribution in [-0.4, -0.2) is 17.3 Å². The zero-order valence-electron chi connectivity index (χ0n) is 11.5. The molecule has 0 aliphatic rings. The summed E-state index contributed by atoms with van der Waals surface area (Å²) in [6.45, 7) is 0.448. The Hall–Kier alpha value is -2.21. The molecular formula is C15H16FN3OS. The summed E-state index contributed by atoms with van der Waals surface area (Å²) in [6.07, 6.45) is 2.01. The number of nitrogens with two attached hydrogens (primary N) is 1. The first-order chi connectivity index (χ1) is 10.1. The molecule has 0 aliphatic heterocycles. The molecule has 0 aromatic heterocycles. The van der Waals surface area contributed by atoms with Crippen LogP contribution < -0.4 is 11.1 Å². The number of halogens is 1. The molecule has 2 aromatic rings. The lowest BCUT2D eigenvalue weighted by molar-refractivity contribution is 0.318. The Morgan fingerprint density at radius 3 is 2.86 bits per heavy atom. The Morgan fingerprint density at radius 2 is 2.14 bits per heavy atom. The number of thioether (sulfide) groups is 1. The third-order valence-corrected chi connectivity index (χ3v) is 3.73. The molecular weight excluding hydrogens is 289 g/mol. The second kappa shape index (κ2) is 6.99. The number of nitrogens with one attached hydrogen (secondary N) is 1. The van der Waals surface area contributed by atoms with Gasteiger partial charge in [-0.2, -0.15) is 0 Å². The molecule has 2 aromatic carbocycles. The van der Waals surface area contributed by atoms with E-state index in [1.165, 1.54) is 12.1 Å². The quantitative estimate of drug-likeness (QED) is 0.261. The largest absolute Gasteiger partial charge is 0.409 e. The molecule has 4 N–H and O–H groups in total. The van der Waals surface area contributed by atoms with Crippen molar-refractivity contribution in [3.05, 3.63) is 59.4 Å². The maximum atomic E-state index is 13.3. The van der Waals surface area contributed by atoms with Crippen molar-refractivity contribution in [1.82, 2.24) is 0 Å². The van der Waals surface area contributed by atoms with Crippen LogP contribution in [0.1, 0.15) is 11.1 Å². The van der Waals surface area contributed by atoms with Gasteiger partial charge in [-0.3, -0.25) is 0 Å². The van der Waals surface area contributed by atoms with Crippen LogP contribution in [0.5, 0.6) is 0 Å². The van der Waals surface area contributed by atoms with E-state index < -0.39 is 5.82 Å². The third-order valence-electron chi connectivity index (χ3n) is 3.01. The summed E-state index contributed by atoms with van der Waals surface area (Å²) in [7, 11) is 0. The minimum Gasteiger partial charge on any atom is -0.409 e. The van der Waals surface area contributed by atoms with Gasteiger partial charge in [0.25, 0.3) is 0 Å². The SMILES string of the molecule is CSc1cccc(NCc2ccc(F)cc2C(N)=NO)c1. The fraction of sp³-hybridized carbons (Fsp3) is 0.133. The molecule has 0 saturated heterocycles. The van der Waals surface area contributed by atoms with E-state index in [2.05, 4.69) is 10.5 Å². The van der Waals surface area contributed by atoms with Crippen LogP contribution in [0.15, 0.2) is 52.5 Å². The number of amidine groups is 1. The molecule has 0 radical (unpaired) electrons. The number of benzene rings is 2. The number of nitrogens with zero attached hydrogens (tertiary/aromatic N) is 1. The second-order valence-corrected chi connectivity index (χ2v) is 5.25.